The van der Waals surface area contributed by atoms with Crippen molar-refractivity contribution in [3.05, 3.63) is 0 Å². The van der Waals surface area contributed by atoms with Crippen LogP contribution in [0.4, 0.5) is 0 Å². The van der Waals surface area contributed by atoms with E-state index in [0.29, 0.717) is 32.1 Å². The fourth-order valence-corrected chi connectivity index (χ4v) is 2.84. The first-order valence-electron chi connectivity index (χ1n) is 7.20. The van der Waals surface area contributed by atoms with E-state index in [1.54, 1.807) is 0 Å². The average molecular weight is 291 g/mol. The summed E-state index contributed by atoms with van der Waals surface area (Å²) in [6.07, 6.45) is 7.90. The Morgan fingerprint density at radius 1 is 1.38 bits per heavy atom. The summed E-state index contributed by atoms with van der Waals surface area (Å²) in [7, 11) is 0. The number of rotatable bonds is 7. The van der Waals surface area contributed by atoms with E-state index in [-0.39, 0.29) is 11.9 Å². The standard InChI is InChI=1S/C15H21N3O3/c1-4-5-7-15(17-18-15)8-6-12(19)16-11-9-10(13(20)21)14(11,2)3/h1,10-11H,5-9H2,2-3H3,(H,16,19)(H,20,21)/t10-,11-/m1/s1. The average Bonchev–Trinajstić information content (AvgIpc) is 3.18. The number of carbonyl (C=O) groups excluding carboxylic acids is 1. The highest BCUT2D eigenvalue weighted by atomic mass is 16.4. The Bertz CT molecular complexity index is 513. The van der Waals surface area contributed by atoms with Gasteiger partial charge >= 0.3 is 5.97 Å². The molecule has 6 nitrogen and oxygen atoms in total. The summed E-state index contributed by atoms with van der Waals surface area (Å²) in [6.45, 7) is 3.75. The fourth-order valence-electron chi connectivity index (χ4n) is 2.84. The number of amides is 1. The maximum atomic E-state index is 12.0. The number of nitrogens with one attached hydrogen (secondary N) is 1. The Balaban J connectivity index is 1.74. The van der Waals surface area contributed by atoms with Crippen molar-refractivity contribution >= 4 is 11.9 Å². The molecule has 0 aromatic carbocycles. The van der Waals surface area contributed by atoms with Gasteiger partial charge in [0.05, 0.1) is 5.92 Å². The lowest BCUT2D eigenvalue weighted by atomic mass is 9.58. The molecule has 0 bridgehead atoms. The van der Waals surface area contributed by atoms with Gasteiger partial charge in [-0.25, -0.2) is 0 Å². The molecule has 1 fully saturated rings. The van der Waals surface area contributed by atoms with Crippen molar-refractivity contribution in [1.82, 2.24) is 5.32 Å². The summed E-state index contributed by atoms with van der Waals surface area (Å²) in [5.74, 6) is 1.29. The van der Waals surface area contributed by atoms with Crippen molar-refractivity contribution in [2.75, 3.05) is 0 Å². The zero-order chi connectivity index (χ0) is 15.7. The number of hydrogen-bond donors (Lipinski definition) is 2. The highest BCUT2D eigenvalue weighted by Gasteiger charge is 2.52. The highest BCUT2D eigenvalue weighted by molar-refractivity contribution is 5.78. The van der Waals surface area contributed by atoms with Gasteiger partial charge in [-0.05, 0) is 11.8 Å². The molecule has 21 heavy (non-hydrogen) atoms. The van der Waals surface area contributed by atoms with Crippen LogP contribution < -0.4 is 5.32 Å². The molecule has 1 aliphatic carbocycles. The third kappa shape index (κ3) is 3.23. The summed E-state index contributed by atoms with van der Waals surface area (Å²) in [4.78, 5) is 23.0. The topological polar surface area (TPSA) is 91.1 Å². The second kappa shape index (κ2) is 5.47. The van der Waals surface area contributed by atoms with Gasteiger partial charge in [0, 0.05) is 31.7 Å². The van der Waals surface area contributed by atoms with Crippen LogP contribution >= 0.6 is 0 Å². The van der Waals surface area contributed by atoms with Gasteiger partial charge in [0.2, 0.25) is 5.91 Å². The van der Waals surface area contributed by atoms with Gasteiger partial charge in [-0.2, -0.15) is 10.2 Å². The molecule has 0 spiro atoms. The minimum absolute atomic E-state index is 0.0747. The van der Waals surface area contributed by atoms with Crippen LogP contribution in [0.2, 0.25) is 0 Å². The Kier molecular flexibility index (Phi) is 4.04. The number of aliphatic carboxylic acids is 1. The zero-order valence-electron chi connectivity index (χ0n) is 12.4. The first-order chi connectivity index (χ1) is 9.81. The highest BCUT2D eigenvalue weighted by Crippen LogP contribution is 2.46. The second-order valence-corrected chi connectivity index (χ2v) is 6.45. The molecular weight excluding hydrogens is 270 g/mol. The molecule has 0 radical (unpaired) electrons. The van der Waals surface area contributed by atoms with E-state index in [2.05, 4.69) is 21.5 Å². The van der Waals surface area contributed by atoms with Crippen molar-refractivity contribution < 1.29 is 14.7 Å². The lowest BCUT2D eigenvalue weighted by molar-refractivity contribution is -0.156. The third-order valence-electron chi connectivity index (χ3n) is 4.71. The molecular formula is C15H21N3O3. The van der Waals surface area contributed by atoms with Crippen molar-refractivity contribution in [1.29, 1.82) is 0 Å². The smallest absolute Gasteiger partial charge is 0.307 e. The van der Waals surface area contributed by atoms with E-state index in [1.807, 2.05) is 13.8 Å². The van der Waals surface area contributed by atoms with Crippen LogP contribution in [0.3, 0.4) is 0 Å². The molecule has 0 aromatic heterocycles. The van der Waals surface area contributed by atoms with Crippen molar-refractivity contribution in [3.8, 4) is 12.3 Å². The molecule has 2 rings (SSSR count). The summed E-state index contributed by atoms with van der Waals surface area (Å²) < 4.78 is 0. The predicted octanol–water partition coefficient (Wildman–Crippen LogP) is 1.96. The maximum Gasteiger partial charge on any atom is 0.307 e. The van der Waals surface area contributed by atoms with Crippen molar-refractivity contribution in [2.24, 2.45) is 21.6 Å². The molecule has 2 aliphatic rings. The van der Waals surface area contributed by atoms with Crippen LogP contribution in [-0.2, 0) is 9.59 Å². The summed E-state index contributed by atoms with van der Waals surface area (Å²) in [6, 6.07) is -0.0826. The number of carboxylic acid groups (broad SMARTS) is 1. The van der Waals surface area contributed by atoms with Crippen LogP contribution in [-0.4, -0.2) is 28.7 Å². The van der Waals surface area contributed by atoms with Gasteiger partial charge in [-0.3, -0.25) is 9.59 Å². The quantitative estimate of drug-likeness (QED) is 0.702. The van der Waals surface area contributed by atoms with E-state index >= 15 is 0 Å². The molecule has 0 unspecified atom stereocenters. The molecule has 2 atom stereocenters. The molecule has 114 valence electrons. The lowest BCUT2D eigenvalue weighted by Gasteiger charge is -2.50. The fraction of sp³-hybridized carbons (Fsp3) is 0.733. The van der Waals surface area contributed by atoms with Gasteiger partial charge < -0.3 is 10.4 Å². The Morgan fingerprint density at radius 3 is 2.52 bits per heavy atom. The van der Waals surface area contributed by atoms with Gasteiger partial charge in [-0.15, -0.1) is 12.3 Å². The first kappa shape index (κ1) is 15.5. The van der Waals surface area contributed by atoms with Crippen LogP contribution in [0, 0.1) is 23.7 Å². The number of carboxylic acids is 1. The van der Waals surface area contributed by atoms with E-state index < -0.39 is 23.0 Å². The predicted molar refractivity (Wildman–Crippen MR) is 76.3 cm³/mol. The number of terminal acetylenes is 1. The monoisotopic (exact) mass is 291 g/mol. The first-order valence-corrected chi connectivity index (χ1v) is 7.20. The Hall–Kier alpha value is -1.90. The Morgan fingerprint density at radius 2 is 2.05 bits per heavy atom. The van der Waals surface area contributed by atoms with Gasteiger partial charge in [0.1, 0.15) is 0 Å². The van der Waals surface area contributed by atoms with Crippen LogP contribution in [0.5, 0.6) is 0 Å². The zero-order valence-corrected chi connectivity index (χ0v) is 12.4. The van der Waals surface area contributed by atoms with E-state index in [1.165, 1.54) is 0 Å². The molecule has 2 N–H and O–H groups in total. The molecule has 0 aromatic rings. The van der Waals surface area contributed by atoms with Crippen LogP contribution in [0.15, 0.2) is 10.2 Å². The van der Waals surface area contributed by atoms with Crippen LogP contribution in [0.25, 0.3) is 0 Å². The summed E-state index contributed by atoms with van der Waals surface area (Å²) >= 11 is 0. The largest absolute Gasteiger partial charge is 0.481 e. The summed E-state index contributed by atoms with van der Waals surface area (Å²) in [5.41, 5.74) is -0.848. The lowest BCUT2D eigenvalue weighted by Crippen LogP contribution is -2.60. The van der Waals surface area contributed by atoms with Crippen molar-refractivity contribution in [2.45, 2.75) is 57.7 Å². The molecule has 1 aliphatic heterocycles. The normalized spacial score (nSPS) is 27.3. The van der Waals surface area contributed by atoms with Crippen molar-refractivity contribution in [3.63, 3.8) is 0 Å². The molecule has 1 amide bonds. The maximum absolute atomic E-state index is 12.0. The minimum atomic E-state index is -0.797. The SMILES string of the molecule is C#CCCC1(CCC(=O)N[C@@H]2C[C@H](C(=O)O)C2(C)C)N=N1. The van der Waals surface area contributed by atoms with E-state index in [0.717, 1.165) is 0 Å². The molecule has 1 saturated carbocycles. The molecule has 6 heteroatoms. The van der Waals surface area contributed by atoms with Gasteiger partial charge in [-0.1, -0.05) is 13.8 Å². The Labute approximate surface area is 124 Å². The number of hydrogen-bond acceptors (Lipinski definition) is 4. The number of carbonyl (C=O) groups is 2. The number of nitrogens with zero attached hydrogens (tertiary/aromatic N) is 2. The third-order valence-corrected chi connectivity index (χ3v) is 4.71. The van der Waals surface area contributed by atoms with E-state index in [4.69, 9.17) is 11.5 Å². The van der Waals surface area contributed by atoms with Gasteiger partial charge in [0.15, 0.2) is 5.66 Å². The van der Waals surface area contributed by atoms with E-state index in [9.17, 15) is 9.59 Å². The second-order valence-electron chi connectivity index (χ2n) is 6.45. The van der Waals surface area contributed by atoms with Crippen LogP contribution in [0.1, 0.15) is 46.0 Å². The molecule has 1 heterocycles. The minimum Gasteiger partial charge on any atom is -0.481 e. The summed E-state index contributed by atoms with van der Waals surface area (Å²) in [5, 5.41) is 20.0. The van der Waals surface area contributed by atoms with Gasteiger partial charge in [0.25, 0.3) is 0 Å². The molecule has 0 saturated heterocycles.